The van der Waals surface area contributed by atoms with Gasteiger partial charge in [0.1, 0.15) is 11.6 Å². The van der Waals surface area contributed by atoms with E-state index >= 15 is 0 Å². The standard InChI is InChI=1S/C12H12BrFO/c13-10-4-8(5-11(14)7-10)6-12(15)9-2-1-3-9/h4-5,7,9H,1-3,6H2. The summed E-state index contributed by atoms with van der Waals surface area (Å²) >= 11 is 3.22. The molecule has 0 bridgehead atoms. The highest BCUT2D eigenvalue weighted by Crippen LogP contribution is 2.28. The Balaban J connectivity index is 2.06. The summed E-state index contributed by atoms with van der Waals surface area (Å²) < 4.78 is 13.7. The first-order chi connectivity index (χ1) is 7.15. The summed E-state index contributed by atoms with van der Waals surface area (Å²) in [6, 6.07) is 4.64. The number of carbonyl (C=O) groups is 1. The first-order valence-electron chi connectivity index (χ1n) is 5.13. The molecule has 2 rings (SSSR count). The maximum atomic E-state index is 13.0. The molecular formula is C12H12BrFO. The maximum absolute atomic E-state index is 13.0. The lowest BCUT2D eigenvalue weighted by Gasteiger charge is -2.23. The molecule has 0 heterocycles. The lowest BCUT2D eigenvalue weighted by atomic mass is 9.80. The average molecular weight is 271 g/mol. The fraction of sp³-hybridized carbons (Fsp3) is 0.417. The molecular weight excluding hydrogens is 259 g/mol. The third-order valence-electron chi connectivity index (χ3n) is 2.86. The zero-order chi connectivity index (χ0) is 10.8. The fourth-order valence-corrected chi connectivity index (χ4v) is 2.30. The highest BCUT2D eigenvalue weighted by Gasteiger charge is 2.24. The van der Waals surface area contributed by atoms with Crippen LogP contribution in [0.5, 0.6) is 0 Å². The molecule has 1 aliphatic rings. The molecule has 1 aromatic carbocycles. The Bertz CT molecular complexity index is 365. The molecule has 0 aromatic heterocycles. The second-order valence-corrected chi connectivity index (χ2v) is 4.96. The zero-order valence-electron chi connectivity index (χ0n) is 8.30. The first kappa shape index (κ1) is 10.8. The molecule has 1 aliphatic carbocycles. The average Bonchev–Trinajstić information content (AvgIpc) is 1.96. The second-order valence-electron chi connectivity index (χ2n) is 4.05. The van der Waals surface area contributed by atoms with E-state index in [2.05, 4.69) is 15.9 Å². The van der Waals surface area contributed by atoms with Crippen LogP contribution in [0.4, 0.5) is 4.39 Å². The Labute approximate surface area is 96.8 Å². The van der Waals surface area contributed by atoms with Crippen molar-refractivity contribution in [3.8, 4) is 0 Å². The van der Waals surface area contributed by atoms with Crippen LogP contribution in [0.2, 0.25) is 0 Å². The van der Waals surface area contributed by atoms with Crippen molar-refractivity contribution >= 4 is 21.7 Å². The predicted octanol–water partition coefficient (Wildman–Crippen LogP) is 3.50. The Morgan fingerprint density at radius 2 is 2.13 bits per heavy atom. The van der Waals surface area contributed by atoms with Gasteiger partial charge in [0, 0.05) is 16.8 Å². The van der Waals surface area contributed by atoms with Crippen molar-refractivity contribution in [2.24, 2.45) is 5.92 Å². The minimum atomic E-state index is -0.291. The van der Waals surface area contributed by atoms with Crippen molar-refractivity contribution in [2.45, 2.75) is 25.7 Å². The smallest absolute Gasteiger partial charge is 0.140 e. The number of halogens is 2. The van der Waals surface area contributed by atoms with Crippen molar-refractivity contribution in [1.82, 2.24) is 0 Å². The number of Topliss-reactive ketones (excluding diaryl/α,β-unsaturated/α-hetero) is 1. The van der Waals surface area contributed by atoms with Crippen LogP contribution in [-0.2, 0) is 11.2 Å². The number of benzene rings is 1. The molecule has 0 aliphatic heterocycles. The lowest BCUT2D eigenvalue weighted by Crippen LogP contribution is -2.23. The Hall–Kier alpha value is -0.700. The van der Waals surface area contributed by atoms with Crippen molar-refractivity contribution < 1.29 is 9.18 Å². The fourth-order valence-electron chi connectivity index (χ4n) is 1.79. The number of ketones is 1. The van der Waals surface area contributed by atoms with Crippen LogP contribution >= 0.6 is 15.9 Å². The van der Waals surface area contributed by atoms with Gasteiger partial charge in [-0.25, -0.2) is 4.39 Å². The van der Waals surface area contributed by atoms with Gasteiger partial charge in [-0.15, -0.1) is 0 Å². The zero-order valence-corrected chi connectivity index (χ0v) is 9.89. The van der Waals surface area contributed by atoms with E-state index in [1.807, 2.05) is 0 Å². The summed E-state index contributed by atoms with van der Waals surface area (Å²) in [6.45, 7) is 0. The van der Waals surface area contributed by atoms with E-state index in [1.54, 1.807) is 6.07 Å². The number of hydrogen-bond acceptors (Lipinski definition) is 1. The van der Waals surface area contributed by atoms with Gasteiger partial charge >= 0.3 is 0 Å². The summed E-state index contributed by atoms with van der Waals surface area (Å²) in [4.78, 5) is 11.7. The Morgan fingerprint density at radius 3 is 2.67 bits per heavy atom. The van der Waals surface area contributed by atoms with Crippen molar-refractivity contribution in [3.63, 3.8) is 0 Å². The first-order valence-corrected chi connectivity index (χ1v) is 5.92. The molecule has 1 aromatic rings. The molecule has 80 valence electrons. The predicted molar refractivity (Wildman–Crippen MR) is 60.2 cm³/mol. The van der Waals surface area contributed by atoms with E-state index in [1.165, 1.54) is 12.1 Å². The van der Waals surface area contributed by atoms with Crippen LogP contribution in [0, 0.1) is 11.7 Å². The van der Waals surface area contributed by atoms with Gasteiger partial charge in [0.05, 0.1) is 0 Å². The second kappa shape index (κ2) is 4.44. The van der Waals surface area contributed by atoms with E-state index in [0.29, 0.717) is 10.9 Å². The van der Waals surface area contributed by atoms with Crippen molar-refractivity contribution in [1.29, 1.82) is 0 Å². The third kappa shape index (κ3) is 2.65. The molecule has 3 heteroatoms. The molecule has 15 heavy (non-hydrogen) atoms. The van der Waals surface area contributed by atoms with Crippen LogP contribution in [-0.4, -0.2) is 5.78 Å². The van der Waals surface area contributed by atoms with Gasteiger partial charge in [-0.1, -0.05) is 22.4 Å². The molecule has 1 saturated carbocycles. The van der Waals surface area contributed by atoms with Crippen LogP contribution in [0.3, 0.4) is 0 Å². The van der Waals surface area contributed by atoms with Crippen molar-refractivity contribution in [3.05, 3.63) is 34.1 Å². The van der Waals surface area contributed by atoms with Gasteiger partial charge in [0.25, 0.3) is 0 Å². The molecule has 0 unspecified atom stereocenters. The SMILES string of the molecule is O=C(Cc1cc(F)cc(Br)c1)C1CCC1. The number of hydrogen-bond donors (Lipinski definition) is 0. The Morgan fingerprint density at radius 1 is 1.40 bits per heavy atom. The van der Waals surface area contributed by atoms with Gasteiger partial charge < -0.3 is 0 Å². The van der Waals surface area contributed by atoms with Crippen molar-refractivity contribution in [2.75, 3.05) is 0 Å². The Kier molecular flexibility index (Phi) is 3.19. The minimum absolute atomic E-state index is 0.229. The number of rotatable bonds is 3. The summed E-state index contributed by atoms with van der Waals surface area (Å²) in [5.41, 5.74) is 0.763. The van der Waals surface area contributed by atoms with Gasteiger partial charge in [-0.3, -0.25) is 4.79 Å². The normalized spacial score (nSPS) is 16.1. The maximum Gasteiger partial charge on any atom is 0.140 e. The van der Waals surface area contributed by atoms with Gasteiger partial charge in [0.2, 0.25) is 0 Å². The molecule has 0 saturated heterocycles. The molecule has 0 atom stereocenters. The minimum Gasteiger partial charge on any atom is -0.299 e. The third-order valence-corrected chi connectivity index (χ3v) is 3.32. The number of carbonyl (C=O) groups excluding carboxylic acids is 1. The van der Waals surface area contributed by atoms with Crippen LogP contribution in [0.1, 0.15) is 24.8 Å². The highest BCUT2D eigenvalue weighted by molar-refractivity contribution is 9.10. The van der Waals surface area contributed by atoms with E-state index in [4.69, 9.17) is 0 Å². The van der Waals surface area contributed by atoms with Crippen LogP contribution in [0.15, 0.2) is 22.7 Å². The molecule has 0 amide bonds. The van der Waals surface area contributed by atoms with Crippen LogP contribution in [0.25, 0.3) is 0 Å². The topological polar surface area (TPSA) is 17.1 Å². The molecule has 0 radical (unpaired) electrons. The van der Waals surface area contributed by atoms with E-state index in [0.717, 1.165) is 24.8 Å². The molecule has 1 nitrogen and oxygen atoms in total. The lowest BCUT2D eigenvalue weighted by molar-refractivity contribution is -0.124. The van der Waals surface area contributed by atoms with Gasteiger partial charge in [-0.05, 0) is 36.6 Å². The quantitative estimate of drug-likeness (QED) is 0.822. The van der Waals surface area contributed by atoms with Crippen LogP contribution < -0.4 is 0 Å². The molecule has 1 fully saturated rings. The van der Waals surface area contributed by atoms with E-state index in [9.17, 15) is 9.18 Å². The summed E-state index contributed by atoms with van der Waals surface area (Å²) in [6.07, 6.45) is 3.54. The summed E-state index contributed by atoms with van der Waals surface area (Å²) in [7, 11) is 0. The summed E-state index contributed by atoms with van der Waals surface area (Å²) in [5.74, 6) is 0.187. The summed E-state index contributed by atoms with van der Waals surface area (Å²) in [5, 5.41) is 0. The van der Waals surface area contributed by atoms with E-state index in [-0.39, 0.29) is 17.5 Å². The van der Waals surface area contributed by atoms with Gasteiger partial charge in [0.15, 0.2) is 0 Å². The van der Waals surface area contributed by atoms with E-state index < -0.39 is 0 Å². The highest BCUT2D eigenvalue weighted by atomic mass is 79.9. The monoisotopic (exact) mass is 270 g/mol. The van der Waals surface area contributed by atoms with Gasteiger partial charge in [-0.2, -0.15) is 0 Å². The largest absolute Gasteiger partial charge is 0.299 e. The molecule has 0 spiro atoms. The molecule has 0 N–H and O–H groups in total.